The van der Waals surface area contributed by atoms with Gasteiger partial charge in [0.1, 0.15) is 5.60 Å². The van der Waals surface area contributed by atoms with E-state index < -0.39 is 17.3 Å². The van der Waals surface area contributed by atoms with Crippen molar-refractivity contribution in [3.63, 3.8) is 0 Å². The Morgan fingerprint density at radius 2 is 1.55 bits per heavy atom. The van der Waals surface area contributed by atoms with Gasteiger partial charge in [0.05, 0.1) is 18.2 Å². The zero-order valence-electron chi connectivity index (χ0n) is 18.2. The first-order valence-corrected chi connectivity index (χ1v) is 10.4. The van der Waals surface area contributed by atoms with E-state index in [-0.39, 0.29) is 18.6 Å². The number of benzene rings is 2. The van der Waals surface area contributed by atoms with Crippen molar-refractivity contribution in [2.45, 2.75) is 38.6 Å². The van der Waals surface area contributed by atoms with Crippen LogP contribution in [0.2, 0.25) is 0 Å². The maximum atomic E-state index is 13.3. The molecule has 2 aromatic rings. The molecule has 0 spiro atoms. The van der Waals surface area contributed by atoms with Gasteiger partial charge in [0.15, 0.2) is 0 Å². The van der Waals surface area contributed by atoms with Crippen molar-refractivity contribution in [3.8, 4) is 0 Å². The van der Waals surface area contributed by atoms with Gasteiger partial charge in [0.2, 0.25) is 0 Å². The summed E-state index contributed by atoms with van der Waals surface area (Å²) in [6, 6.07) is 14.8. The van der Waals surface area contributed by atoms with Gasteiger partial charge in [-0.3, -0.25) is 14.6 Å². The van der Waals surface area contributed by atoms with E-state index in [2.05, 4.69) is 4.90 Å². The van der Waals surface area contributed by atoms with E-state index in [0.717, 1.165) is 11.6 Å². The fraction of sp³-hybridized carbons (Fsp3) is 0.458. The predicted octanol–water partition coefficient (Wildman–Crippen LogP) is 4.75. The Morgan fingerprint density at radius 3 is 2.13 bits per heavy atom. The molecule has 0 bridgehead atoms. The standard InChI is InChI=1S/C24H29F3N2O2/c1-23(2,3)31-21(30)17-28-12-14-29(15-13-28)22(18-8-5-4-6-9-18)19-10-7-11-20(16-19)24(25,26)27/h4-11,16,22H,12-15,17H2,1-3H3. The Balaban J connectivity index is 1.76. The van der Waals surface area contributed by atoms with Crippen LogP contribution < -0.4 is 0 Å². The Hall–Kier alpha value is -2.38. The van der Waals surface area contributed by atoms with Crippen molar-refractivity contribution >= 4 is 5.97 Å². The summed E-state index contributed by atoms with van der Waals surface area (Å²) in [4.78, 5) is 16.3. The molecule has 1 saturated heterocycles. The van der Waals surface area contributed by atoms with Gasteiger partial charge in [-0.05, 0) is 44.0 Å². The van der Waals surface area contributed by atoms with Gasteiger partial charge < -0.3 is 4.74 Å². The second-order valence-corrected chi connectivity index (χ2v) is 8.84. The first kappa shape index (κ1) is 23.3. The molecule has 0 aromatic heterocycles. The summed E-state index contributed by atoms with van der Waals surface area (Å²) in [6.45, 7) is 8.28. The van der Waals surface area contributed by atoms with E-state index in [0.29, 0.717) is 31.7 Å². The Kier molecular flexibility index (Phi) is 7.06. The molecule has 2 aromatic carbocycles. The number of carbonyl (C=O) groups excluding carboxylic acids is 1. The Bertz CT molecular complexity index is 870. The molecule has 1 aliphatic rings. The van der Waals surface area contributed by atoms with Crippen LogP contribution in [0, 0.1) is 0 Å². The van der Waals surface area contributed by atoms with Crippen molar-refractivity contribution in [2.24, 2.45) is 0 Å². The van der Waals surface area contributed by atoms with Gasteiger partial charge in [-0.15, -0.1) is 0 Å². The third-order valence-electron chi connectivity index (χ3n) is 5.19. The van der Waals surface area contributed by atoms with Crippen LogP contribution in [0.25, 0.3) is 0 Å². The normalized spacial score (nSPS) is 17.4. The number of esters is 1. The van der Waals surface area contributed by atoms with Gasteiger partial charge in [0.25, 0.3) is 0 Å². The molecule has 0 N–H and O–H groups in total. The molecule has 3 rings (SSSR count). The second kappa shape index (κ2) is 9.40. The molecule has 0 saturated carbocycles. The highest BCUT2D eigenvalue weighted by molar-refractivity contribution is 5.72. The SMILES string of the molecule is CC(C)(C)OC(=O)CN1CCN(C(c2ccccc2)c2cccc(C(F)(F)F)c2)CC1. The van der Waals surface area contributed by atoms with Crippen LogP contribution in [0.4, 0.5) is 13.2 Å². The number of hydrogen-bond acceptors (Lipinski definition) is 4. The Labute approximate surface area is 181 Å². The number of nitrogens with zero attached hydrogens (tertiary/aromatic N) is 2. The van der Waals surface area contributed by atoms with Gasteiger partial charge in [-0.2, -0.15) is 13.2 Å². The number of alkyl halides is 3. The number of ether oxygens (including phenoxy) is 1. The lowest BCUT2D eigenvalue weighted by molar-refractivity contribution is -0.156. The van der Waals surface area contributed by atoms with Gasteiger partial charge in [-0.1, -0.05) is 42.5 Å². The molecule has 1 atom stereocenters. The first-order chi connectivity index (χ1) is 14.5. The summed E-state index contributed by atoms with van der Waals surface area (Å²) in [7, 11) is 0. The molecule has 168 valence electrons. The molecule has 4 nitrogen and oxygen atoms in total. The van der Waals surface area contributed by atoms with Crippen molar-refractivity contribution < 1.29 is 22.7 Å². The zero-order chi connectivity index (χ0) is 22.6. The molecule has 1 unspecified atom stereocenters. The minimum Gasteiger partial charge on any atom is -0.459 e. The van der Waals surface area contributed by atoms with E-state index >= 15 is 0 Å². The van der Waals surface area contributed by atoms with Crippen molar-refractivity contribution in [2.75, 3.05) is 32.7 Å². The lowest BCUT2D eigenvalue weighted by Crippen LogP contribution is -2.49. The molecular formula is C24H29F3N2O2. The molecule has 1 aliphatic heterocycles. The van der Waals surface area contributed by atoms with Crippen LogP contribution in [0.5, 0.6) is 0 Å². The topological polar surface area (TPSA) is 32.8 Å². The minimum absolute atomic E-state index is 0.213. The molecule has 1 heterocycles. The number of rotatable bonds is 5. The number of carbonyl (C=O) groups is 1. The van der Waals surface area contributed by atoms with Crippen LogP contribution in [0.3, 0.4) is 0 Å². The van der Waals surface area contributed by atoms with Gasteiger partial charge in [0, 0.05) is 26.2 Å². The highest BCUT2D eigenvalue weighted by Gasteiger charge is 2.33. The van der Waals surface area contributed by atoms with Crippen LogP contribution in [0.1, 0.15) is 43.5 Å². The summed E-state index contributed by atoms with van der Waals surface area (Å²) in [5.41, 5.74) is 0.388. The van der Waals surface area contributed by atoms with Crippen molar-refractivity contribution in [1.82, 2.24) is 9.80 Å². The number of hydrogen-bond donors (Lipinski definition) is 0. The van der Waals surface area contributed by atoms with Crippen LogP contribution in [-0.4, -0.2) is 54.1 Å². The number of halogens is 3. The van der Waals surface area contributed by atoms with Gasteiger partial charge >= 0.3 is 12.1 Å². The molecule has 0 radical (unpaired) electrons. The Morgan fingerprint density at radius 1 is 0.935 bits per heavy atom. The van der Waals surface area contributed by atoms with Crippen LogP contribution in [0.15, 0.2) is 54.6 Å². The lowest BCUT2D eigenvalue weighted by atomic mass is 9.95. The maximum Gasteiger partial charge on any atom is 0.416 e. The van der Waals surface area contributed by atoms with E-state index in [1.54, 1.807) is 6.07 Å². The maximum absolute atomic E-state index is 13.3. The third kappa shape index (κ3) is 6.55. The highest BCUT2D eigenvalue weighted by Crippen LogP contribution is 2.34. The molecule has 7 heteroatoms. The van der Waals surface area contributed by atoms with Crippen LogP contribution >= 0.6 is 0 Å². The lowest BCUT2D eigenvalue weighted by Gasteiger charge is -2.39. The summed E-state index contributed by atoms with van der Waals surface area (Å²) < 4.78 is 45.3. The average molecular weight is 435 g/mol. The number of piperazine rings is 1. The van der Waals surface area contributed by atoms with Crippen LogP contribution in [-0.2, 0) is 15.7 Å². The smallest absolute Gasteiger partial charge is 0.416 e. The van der Waals surface area contributed by atoms with E-state index in [1.165, 1.54) is 12.1 Å². The predicted molar refractivity (Wildman–Crippen MR) is 114 cm³/mol. The molecule has 0 amide bonds. The summed E-state index contributed by atoms with van der Waals surface area (Å²) >= 11 is 0. The van der Waals surface area contributed by atoms with Crippen molar-refractivity contribution in [3.05, 3.63) is 71.3 Å². The largest absolute Gasteiger partial charge is 0.459 e. The van der Waals surface area contributed by atoms with E-state index in [1.807, 2.05) is 56.0 Å². The monoisotopic (exact) mass is 434 g/mol. The summed E-state index contributed by atoms with van der Waals surface area (Å²) in [5, 5.41) is 0. The quantitative estimate of drug-likeness (QED) is 0.636. The fourth-order valence-electron chi connectivity index (χ4n) is 3.87. The summed E-state index contributed by atoms with van der Waals surface area (Å²) in [5.74, 6) is -0.265. The highest BCUT2D eigenvalue weighted by atomic mass is 19.4. The zero-order valence-corrected chi connectivity index (χ0v) is 18.2. The molecular weight excluding hydrogens is 405 g/mol. The van der Waals surface area contributed by atoms with E-state index in [4.69, 9.17) is 4.74 Å². The molecule has 31 heavy (non-hydrogen) atoms. The molecule has 1 fully saturated rings. The van der Waals surface area contributed by atoms with E-state index in [9.17, 15) is 18.0 Å². The fourth-order valence-corrected chi connectivity index (χ4v) is 3.87. The average Bonchev–Trinajstić information content (AvgIpc) is 2.68. The molecule has 0 aliphatic carbocycles. The minimum atomic E-state index is -4.39. The van der Waals surface area contributed by atoms with Crippen molar-refractivity contribution in [1.29, 1.82) is 0 Å². The third-order valence-corrected chi connectivity index (χ3v) is 5.19. The van der Waals surface area contributed by atoms with Gasteiger partial charge in [-0.25, -0.2) is 0 Å². The first-order valence-electron chi connectivity index (χ1n) is 10.4. The summed E-state index contributed by atoms with van der Waals surface area (Å²) in [6.07, 6.45) is -4.39. The second-order valence-electron chi connectivity index (χ2n) is 8.84.